The lowest BCUT2D eigenvalue weighted by atomic mass is 10.0. The molecule has 2 aromatic rings. The average Bonchev–Trinajstić information content (AvgIpc) is 2.97. The maximum absolute atomic E-state index is 12.0. The van der Waals surface area contributed by atoms with Crippen LogP contribution in [0.4, 0.5) is 0 Å². The van der Waals surface area contributed by atoms with Crippen LogP contribution >= 0.6 is 11.3 Å². The minimum Gasteiger partial charge on any atom is -0.386 e. The largest absolute Gasteiger partial charge is 0.386 e. The monoisotopic (exact) mass is 304 g/mol. The van der Waals surface area contributed by atoms with Crippen molar-refractivity contribution in [2.24, 2.45) is 0 Å². The second-order valence-corrected chi connectivity index (χ2v) is 6.57. The molecule has 3 rings (SSSR count). The Morgan fingerprint density at radius 2 is 2.29 bits per heavy atom. The molecule has 1 fully saturated rings. The topological polar surface area (TPSA) is 61.4 Å². The highest BCUT2D eigenvalue weighted by Gasteiger charge is 2.21. The Kier molecular flexibility index (Phi) is 4.53. The Hall–Kier alpha value is -1.43. The van der Waals surface area contributed by atoms with Gasteiger partial charge in [-0.3, -0.25) is 4.79 Å². The molecule has 0 bridgehead atoms. The molecule has 1 aliphatic heterocycles. The highest BCUT2D eigenvalue weighted by molar-refractivity contribution is 7.19. The molecule has 2 heterocycles. The van der Waals surface area contributed by atoms with Crippen molar-refractivity contribution in [2.75, 3.05) is 13.1 Å². The predicted molar refractivity (Wildman–Crippen MR) is 85.4 cm³/mol. The normalized spacial score (nSPS) is 20.3. The fourth-order valence-electron chi connectivity index (χ4n) is 2.66. The van der Waals surface area contributed by atoms with Crippen molar-refractivity contribution in [1.82, 2.24) is 10.6 Å². The fraction of sp³-hybridized carbons (Fsp3) is 0.438. The number of hydrogen-bond donors (Lipinski definition) is 3. The van der Waals surface area contributed by atoms with Gasteiger partial charge in [0.05, 0.1) is 6.04 Å². The van der Waals surface area contributed by atoms with Crippen LogP contribution < -0.4 is 10.6 Å². The number of thiophene rings is 1. The van der Waals surface area contributed by atoms with Gasteiger partial charge in [0.15, 0.2) is 0 Å². The molecule has 0 radical (unpaired) electrons. The van der Waals surface area contributed by atoms with Crippen LogP contribution in [0.3, 0.4) is 0 Å². The maximum atomic E-state index is 12.0. The number of hydrogen-bond acceptors (Lipinski definition) is 4. The smallest absolute Gasteiger partial charge is 0.237 e. The van der Waals surface area contributed by atoms with E-state index in [2.05, 4.69) is 10.6 Å². The quantitative estimate of drug-likeness (QED) is 0.811. The molecule has 1 aliphatic rings. The first kappa shape index (κ1) is 14.5. The van der Waals surface area contributed by atoms with Crippen LogP contribution in [0.2, 0.25) is 0 Å². The zero-order valence-corrected chi connectivity index (χ0v) is 12.7. The van der Waals surface area contributed by atoms with E-state index in [9.17, 15) is 9.90 Å². The summed E-state index contributed by atoms with van der Waals surface area (Å²) in [6, 6.07) is 9.95. The van der Waals surface area contributed by atoms with E-state index in [0.29, 0.717) is 0 Å². The van der Waals surface area contributed by atoms with E-state index in [1.54, 1.807) is 11.3 Å². The van der Waals surface area contributed by atoms with Crippen molar-refractivity contribution in [2.45, 2.75) is 31.4 Å². The average molecular weight is 304 g/mol. The number of carbonyl (C=O) groups is 1. The van der Waals surface area contributed by atoms with Crippen molar-refractivity contribution >= 4 is 27.3 Å². The molecular formula is C16H20N2O2S. The molecule has 1 aromatic heterocycles. The zero-order valence-electron chi connectivity index (χ0n) is 11.8. The van der Waals surface area contributed by atoms with Gasteiger partial charge in [-0.05, 0) is 36.9 Å². The molecule has 1 amide bonds. The number of rotatable bonds is 4. The third kappa shape index (κ3) is 3.43. The summed E-state index contributed by atoms with van der Waals surface area (Å²) in [5.74, 6) is -0.00476. The highest BCUT2D eigenvalue weighted by Crippen LogP contribution is 2.29. The SMILES string of the molecule is O=C(NCC(O)c1cc2ccccc2s1)C1CCCCN1. The minimum atomic E-state index is -0.644. The molecule has 0 saturated carbocycles. The van der Waals surface area contributed by atoms with Crippen LogP contribution in [-0.4, -0.2) is 30.1 Å². The van der Waals surface area contributed by atoms with Crippen LogP contribution in [0.25, 0.3) is 10.1 Å². The maximum Gasteiger partial charge on any atom is 0.237 e. The summed E-state index contributed by atoms with van der Waals surface area (Å²) >= 11 is 1.58. The Morgan fingerprint density at radius 3 is 3.05 bits per heavy atom. The summed E-state index contributed by atoms with van der Waals surface area (Å²) in [5, 5.41) is 17.4. The summed E-state index contributed by atoms with van der Waals surface area (Å²) < 4.78 is 1.16. The third-order valence-corrected chi connectivity index (χ3v) is 5.09. The van der Waals surface area contributed by atoms with Gasteiger partial charge < -0.3 is 15.7 Å². The first-order chi connectivity index (χ1) is 10.2. The molecule has 0 aliphatic carbocycles. The van der Waals surface area contributed by atoms with E-state index in [4.69, 9.17) is 0 Å². The van der Waals surface area contributed by atoms with Gasteiger partial charge in [0.2, 0.25) is 5.91 Å². The van der Waals surface area contributed by atoms with Crippen LogP contribution in [0.15, 0.2) is 30.3 Å². The number of aliphatic hydroxyl groups is 1. The van der Waals surface area contributed by atoms with Gasteiger partial charge in [-0.1, -0.05) is 24.6 Å². The molecule has 3 N–H and O–H groups in total. The molecule has 1 aromatic carbocycles. The molecule has 5 heteroatoms. The van der Waals surface area contributed by atoms with E-state index in [1.807, 2.05) is 30.3 Å². The predicted octanol–water partition coefficient (Wildman–Crippen LogP) is 2.19. The molecule has 2 unspecified atom stereocenters. The second-order valence-electron chi connectivity index (χ2n) is 5.45. The number of fused-ring (bicyclic) bond motifs is 1. The van der Waals surface area contributed by atoms with Gasteiger partial charge in [0.1, 0.15) is 6.10 Å². The van der Waals surface area contributed by atoms with E-state index in [0.717, 1.165) is 40.8 Å². The third-order valence-electron chi connectivity index (χ3n) is 3.87. The fourth-order valence-corrected chi connectivity index (χ4v) is 3.71. The number of benzene rings is 1. The van der Waals surface area contributed by atoms with Gasteiger partial charge in [-0.2, -0.15) is 0 Å². The molecule has 21 heavy (non-hydrogen) atoms. The number of nitrogens with one attached hydrogen (secondary N) is 2. The van der Waals surface area contributed by atoms with E-state index in [1.165, 1.54) is 0 Å². The van der Waals surface area contributed by atoms with E-state index < -0.39 is 6.10 Å². The summed E-state index contributed by atoms with van der Waals surface area (Å²) in [7, 11) is 0. The van der Waals surface area contributed by atoms with Crippen LogP contribution in [0.1, 0.15) is 30.2 Å². The molecule has 2 atom stereocenters. The summed E-state index contributed by atoms with van der Waals surface area (Å²) in [6.07, 6.45) is 2.46. The van der Waals surface area contributed by atoms with Gasteiger partial charge in [-0.25, -0.2) is 0 Å². The number of amides is 1. The Balaban J connectivity index is 1.58. The van der Waals surface area contributed by atoms with Crippen LogP contribution in [-0.2, 0) is 4.79 Å². The van der Waals surface area contributed by atoms with Crippen LogP contribution in [0, 0.1) is 0 Å². The number of aliphatic hydroxyl groups excluding tert-OH is 1. The summed E-state index contributed by atoms with van der Waals surface area (Å²) in [6.45, 7) is 1.17. The zero-order chi connectivity index (χ0) is 14.7. The standard InChI is InChI=1S/C16H20N2O2S/c19-13(10-18-16(20)12-6-3-4-8-17-12)15-9-11-5-1-2-7-14(11)21-15/h1-2,5,7,9,12-13,17,19H,3-4,6,8,10H2,(H,18,20). The lowest BCUT2D eigenvalue weighted by Gasteiger charge is -2.23. The lowest BCUT2D eigenvalue weighted by molar-refractivity contribution is -0.124. The van der Waals surface area contributed by atoms with Crippen LogP contribution in [0.5, 0.6) is 0 Å². The van der Waals surface area contributed by atoms with E-state index >= 15 is 0 Å². The van der Waals surface area contributed by atoms with Gasteiger partial charge in [0, 0.05) is 16.1 Å². The minimum absolute atomic E-state index is 0.00476. The van der Waals surface area contributed by atoms with Gasteiger partial charge in [0.25, 0.3) is 0 Å². The Morgan fingerprint density at radius 1 is 1.43 bits per heavy atom. The van der Waals surface area contributed by atoms with Crippen molar-refractivity contribution in [3.8, 4) is 0 Å². The highest BCUT2D eigenvalue weighted by atomic mass is 32.1. The number of carbonyl (C=O) groups excluding carboxylic acids is 1. The van der Waals surface area contributed by atoms with Crippen molar-refractivity contribution in [3.63, 3.8) is 0 Å². The summed E-state index contributed by atoms with van der Waals surface area (Å²) in [5.41, 5.74) is 0. The first-order valence-electron chi connectivity index (χ1n) is 7.41. The summed E-state index contributed by atoms with van der Waals surface area (Å²) in [4.78, 5) is 12.9. The number of piperidine rings is 1. The second kappa shape index (κ2) is 6.56. The van der Waals surface area contributed by atoms with Gasteiger partial charge >= 0.3 is 0 Å². The van der Waals surface area contributed by atoms with Crippen molar-refractivity contribution in [3.05, 3.63) is 35.2 Å². The Bertz CT molecular complexity index is 587. The van der Waals surface area contributed by atoms with Crippen molar-refractivity contribution < 1.29 is 9.90 Å². The molecule has 112 valence electrons. The molecule has 1 saturated heterocycles. The van der Waals surface area contributed by atoms with E-state index in [-0.39, 0.29) is 18.5 Å². The molecular weight excluding hydrogens is 284 g/mol. The molecule has 0 spiro atoms. The van der Waals surface area contributed by atoms with Crippen molar-refractivity contribution in [1.29, 1.82) is 0 Å². The van der Waals surface area contributed by atoms with Gasteiger partial charge in [-0.15, -0.1) is 11.3 Å². The lowest BCUT2D eigenvalue weighted by Crippen LogP contribution is -2.47. The molecule has 4 nitrogen and oxygen atoms in total. The Labute approximate surface area is 128 Å². The first-order valence-corrected chi connectivity index (χ1v) is 8.23.